The van der Waals surface area contributed by atoms with Gasteiger partial charge in [-0.3, -0.25) is 4.79 Å². The lowest BCUT2D eigenvalue weighted by atomic mass is 10.1. The Morgan fingerprint density at radius 2 is 1.17 bits per heavy atom. The molecule has 0 saturated carbocycles. The van der Waals surface area contributed by atoms with E-state index in [2.05, 4.69) is 0 Å². The van der Waals surface area contributed by atoms with Gasteiger partial charge in [0.1, 0.15) is 16.9 Å². The van der Waals surface area contributed by atoms with Crippen LogP contribution in [0.5, 0.6) is 34.5 Å². The van der Waals surface area contributed by atoms with Crippen molar-refractivity contribution in [1.29, 1.82) is 0 Å². The molecule has 29 heavy (non-hydrogen) atoms. The zero-order valence-corrected chi connectivity index (χ0v) is 17.1. The minimum Gasteiger partial charge on any atom is -0.496 e. The van der Waals surface area contributed by atoms with E-state index in [0.717, 1.165) is 0 Å². The standard InChI is InChI=1S/C21H22O8/c1-23-13-9-16(25-3)15(24-2)7-11(13)14-8-12(22)19-20(28-6)17(26-4)10-18(27-5)21(19)29-14/h7-10H,1-6H3. The molecule has 0 radical (unpaired) electrons. The van der Waals surface area contributed by atoms with Crippen molar-refractivity contribution in [3.05, 3.63) is 34.5 Å². The van der Waals surface area contributed by atoms with E-state index in [1.54, 1.807) is 18.2 Å². The molecule has 1 heterocycles. The van der Waals surface area contributed by atoms with Crippen LogP contribution in [-0.2, 0) is 0 Å². The first-order chi connectivity index (χ1) is 14.0. The molecule has 8 nitrogen and oxygen atoms in total. The molecule has 8 heteroatoms. The Balaban J connectivity index is 2.37. The van der Waals surface area contributed by atoms with Gasteiger partial charge in [-0.15, -0.1) is 0 Å². The predicted octanol–water partition coefficient (Wildman–Crippen LogP) is 3.51. The number of hydrogen-bond donors (Lipinski definition) is 0. The average Bonchev–Trinajstić information content (AvgIpc) is 2.76. The molecular formula is C21H22O8. The fourth-order valence-corrected chi connectivity index (χ4v) is 3.12. The fourth-order valence-electron chi connectivity index (χ4n) is 3.12. The zero-order valence-electron chi connectivity index (χ0n) is 17.1. The van der Waals surface area contributed by atoms with E-state index in [4.69, 9.17) is 32.8 Å². The fraction of sp³-hybridized carbons (Fsp3) is 0.286. The molecule has 0 aliphatic heterocycles. The van der Waals surface area contributed by atoms with Gasteiger partial charge in [-0.05, 0) is 6.07 Å². The Bertz CT molecular complexity index is 1100. The second-order valence-corrected chi connectivity index (χ2v) is 5.90. The number of benzene rings is 2. The summed E-state index contributed by atoms with van der Waals surface area (Å²) in [5, 5.41) is 0.215. The molecule has 3 aromatic rings. The maximum Gasteiger partial charge on any atom is 0.197 e. The molecule has 0 atom stereocenters. The van der Waals surface area contributed by atoms with Crippen molar-refractivity contribution in [2.24, 2.45) is 0 Å². The van der Waals surface area contributed by atoms with Gasteiger partial charge in [-0.2, -0.15) is 0 Å². The van der Waals surface area contributed by atoms with Crippen molar-refractivity contribution in [2.75, 3.05) is 42.7 Å². The quantitative estimate of drug-likeness (QED) is 0.594. The van der Waals surface area contributed by atoms with Crippen LogP contribution in [0.2, 0.25) is 0 Å². The molecule has 1 aromatic heterocycles. The lowest BCUT2D eigenvalue weighted by Crippen LogP contribution is -2.06. The molecular weight excluding hydrogens is 380 g/mol. The maximum absolute atomic E-state index is 13.0. The van der Waals surface area contributed by atoms with E-state index in [0.29, 0.717) is 34.3 Å². The van der Waals surface area contributed by atoms with Gasteiger partial charge in [0.25, 0.3) is 0 Å². The third-order valence-electron chi connectivity index (χ3n) is 4.50. The average molecular weight is 402 g/mol. The SMILES string of the molecule is COc1cc(OC)c(-c2cc(=O)c3c(OC)c(OC)cc(OC)c3o2)cc1OC. The summed E-state index contributed by atoms with van der Waals surface area (Å²) in [5.74, 6) is 2.63. The van der Waals surface area contributed by atoms with Crippen molar-refractivity contribution in [2.45, 2.75) is 0 Å². The number of methoxy groups -OCH3 is 6. The van der Waals surface area contributed by atoms with Crippen LogP contribution in [0.3, 0.4) is 0 Å². The van der Waals surface area contributed by atoms with Crippen molar-refractivity contribution >= 4 is 11.0 Å². The summed E-state index contributed by atoms with van der Waals surface area (Å²) in [6.07, 6.45) is 0. The Hall–Kier alpha value is -3.55. The van der Waals surface area contributed by atoms with Crippen molar-refractivity contribution < 1.29 is 32.8 Å². The molecule has 0 aliphatic rings. The van der Waals surface area contributed by atoms with E-state index in [-0.39, 0.29) is 27.9 Å². The van der Waals surface area contributed by atoms with Crippen molar-refractivity contribution in [1.82, 2.24) is 0 Å². The Morgan fingerprint density at radius 3 is 1.72 bits per heavy atom. The van der Waals surface area contributed by atoms with Gasteiger partial charge >= 0.3 is 0 Å². The molecule has 3 rings (SSSR count). The topological polar surface area (TPSA) is 85.6 Å². The second-order valence-electron chi connectivity index (χ2n) is 5.90. The van der Waals surface area contributed by atoms with E-state index in [1.165, 1.54) is 48.7 Å². The summed E-state index contributed by atoms with van der Waals surface area (Å²) in [4.78, 5) is 13.0. The van der Waals surface area contributed by atoms with Gasteiger partial charge in [0.2, 0.25) is 0 Å². The second kappa shape index (κ2) is 8.22. The van der Waals surface area contributed by atoms with Crippen molar-refractivity contribution in [3.63, 3.8) is 0 Å². The lowest BCUT2D eigenvalue weighted by Gasteiger charge is -2.16. The Labute approximate surface area is 167 Å². The number of rotatable bonds is 7. The first-order valence-electron chi connectivity index (χ1n) is 8.60. The molecule has 0 aliphatic carbocycles. The summed E-state index contributed by atoms with van der Waals surface area (Å²) < 4.78 is 38.3. The van der Waals surface area contributed by atoms with Gasteiger partial charge in [0.05, 0.1) is 48.2 Å². The van der Waals surface area contributed by atoms with Crippen LogP contribution in [0.15, 0.2) is 33.5 Å². The largest absolute Gasteiger partial charge is 0.496 e. The third kappa shape index (κ3) is 3.37. The van der Waals surface area contributed by atoms with Crippen LogP contribution < -0.4 is 33.8 Å². The van der Waals surface area contributed by atoms with Gasteiger partial charge < -0.3 is 32.8 Å². The van der Waals surface area contributed by atoms with Crippen LogP contribution in [0.4, 0.5) is 0 Å². The first kappa shape index (κ1) is 20.2. The first-order valence-corrected chi connectivity index (χ1v) is 8.60. The minimum atomic E-state index is -0.327. The molecule has 0 bridgehead atoms. The zero-order chi connectivity index (χ0) is 21.1. The minimum absolute atomic E-state index is 0.215. The number of hydrogen-bond acceptors (Lipinski definition) is 8. The summed E-state index contributed by atoms with van der Waals surface area (Å²) in [5.41, 5.74) is 0.414. The molecule has 0 fully saturated rings. The number of fused-ring (bicyclic) bond motifs is 1. The predicted molar refractivity (Wildman–Crippen MR) is 107 cm³/mol. The van der Waals surface area contributed by atoms with Crippen molar-refractivity contribution in [3.8, 4) is 45.8 Å². The summed E-state index contributed by atoms with van der Waals surface area (Å²) in [6, 6.07) is 6.28. The van der Waals surface area contributed by atoms with Gasteiger partial charge in [-0.25, -0.2) is 0 Å². The summed E-state index contributed by atoms with van der Waals surface area (Å²) in [7, 11) is 8.97. The van der Waals surface area contributed by atoms with Crippen LogP contribution >= 0.6 is 0 Å². The molecule has 0 N–H and O–H groups in total. The van der Waals surface area contributed by atoms with Crippen LogP contribution in [-0.4, -0.2) is 42.7 Å². The third-order valence-corrected chi connectivity index (χ3v) is 4.50. The van der Waals surface area contributed by atoms with Crippen LogP contribution in [0.25, 0.3) is 22.3 Å². The van der Waals surface area contributed by atoms with Crippen LogP contribution in [0.1, 0.15) is 0 Å². The molecule has 2 aromatic carbocycles. The highest BCUT2D eigenvalue weighted by atomic mass is 16.5. The van der Waals surface area contributed by atoms with Crippen LogP contribution in [0, 0.1) is 0 Å². The highest BCUT2D eigenvalue weighted by molar-refractivity contribution is 5.92. The molecule has 0 spiro atoms. The van der Waals surface area contributed by atoms with Gasteiger partial charge in [0.15, 0.2) is 39.8 Å². The highest BCUT2D eigenvalue weighted by Crippen LogP contribution is 2.44. The monoisotopic (exact) mass is 402 g/mol. The molecule has 0 unspecified atom stereocenters. The number of ether oxygens (including phenoxy) is 6. The smallest absolute Gasteiger partial charge is 0.197 e. The van der Waals surface area contributed by atoms with E-state index < -0.39 is 0 Å². The normalized spacial score (nSPS) is 10.6. The molecule has 0 amide bonds. The Morgan fingerprint density at radius 1 is 0.621 bits per heavy atom. The van der Waals surface area contributed by atoms with Gasteiger partial charge in [-0.1, -0.05) is 0 Å². The molecule has 154 valence electrons. The Kier molecular flexibility index (Phi) is 5.72. The van der Waals surface area contributed by atoms with E-state index in [9.17, 15) is 4.79 Å². The van der Waals surface area contributed by atoms with E-state index in [1.807, 2.05) is 0 Å². The summed E-state index contributed by atoms with van der Waals surface area (Å²) >= 11 is 0. The lowest BCUT2D eigenvalue weighted by molar-refractivity contribution is 0.348. The highest BCUT2D eigenvalue weighted by Gasteiger charge is 2.22. The summed E-state index contributed by atoms with van der Waals surface area (Å²) in [6.45, 7) is 0. The molecule has 0 saturated heterocycles. The van der Waals surface area contributed by atoms with Gasteiger partial charge in [0, 0.05) is 18.2 Å². The van der Waals surface area contributed by atoms with E-state index >= 15 is 0 Å². The maximum atomic E-state index is 13.0.